The van der Waals surface area contributed by atoms with Crippen LogP contribution in [0.3, 0.4) is 0 Å². The summed E-state index contributed by atoms with van der Waals surface area (Å²) in [6.07, 6.45) is 0.680. The molecule has 1 aliphatic rings. The highest BCUT2D eigenvalue weighted by atomic mass is 35.5. The highest BCUT2D eigenvalue weighted by molar-refractivity contribution is 7.89. The Balaban J connectivity index is 1.72. The van der Waals surface area contributed by atoms with Crippen molar-refractivity contribution in [2.24, 2.45) is 0 Å². The molecule has 0 amide bonds. The number of fused-ring (bicyclic) bond motifs is 3. The maximum Gasteiger partial charge on any atom is 0.243 e. The molecule has 0 bridgehead atoms. The first-order chi connectivity index (χ1) is 11.5. The second-order valence-corrected chi connectivity index (χ2v) is 8.54. The van der Waals surface area contributed by atoms with Crippen molar-refractivity contribution in [3.05, 3.63) is 63.8 Å². The molecule has 0 atom stereocenters. The number of para-hydroxylation sites is 1. The average molecular weight is 381 g/mol. The van der Waals surface area contributed by atoms with Crippen molar-refractivity contribution in [2.45, 2.75) is 17.9 Å². The van der Waals surface area contributed by atoms with Crippen LogP contribution in [0.15, 0.2) is 47.4 Å². The molecule has 124 valence electrons. The molecular formula is C17H14Cl2N2O2S. The van der Waals surface area contributed by atoms with Gasteiger partial charge in [0.15, 0.2) is 0 Å². The molecule has 4 nitrogen and oxygen atoms in total. The second kappa shape index (κ2) is 5.77. The van der Waals surface area contributed by atoms with Gasteiger partial charge in [0.25, 0.3) is 0 Å². The molecule has 2 heterocycles. The molecule has 0 spiro atoms. The summed E-state index contributed by atoms with van der Waals surface area (Å²) in [5.74, 6) is 0. The van der Waals surface area contributed by atoms with E-state index in [-0.39, 0.29) is 9.92 Å². The van der Waals surface area contributed by atoms with E-state index in [4.69, 9.17) is 23.2 Å². The predicted molar refractivity (Wildman–Crippen MR) is 96.1 cm³/mol. The van der Waals surface area contributed by atoms with Gasteiger partial charge in [0, 0.05) is 23.1 Å². The van der Waals surface area contributed by atoms with Gasteiger partial charge in [-0.1, -0.05) is 41.4 Å². The van der Waals surface area contributed by atoms with Gasteiger partial charge >= 0.3 is 0 Å². The predicted octanol–water partition coefficient (Wildman–Crippen LogP) is 4.22. The van der Waals surface area contributed by atoms with Crippen LogP contribution in [0.25, 0.3) is 10.9 Å². The summed E-state index contributed by atoms with van der Waals surface area (Å²) in [6.45, 7) is 0.768. The molecule has 0 saturated carbocycles. The van der Waals surface area contributed by atoms with Crippen LogP contribution >= 0.6 is 23.2 Å². The first-order valence-corrected chi connectivity index (χ1v) is 9.70. The summed E-state index contributed by atoms with van der Waals surface area (Å²) in [6, 6.07) is 12.4. The lowest BCUT2D eigenvalue weighted by Gasteiger charge is -2.26. The Hall–Kier alpha value is -1.53. The number of hydrogen-bond acceptors (Lipinski definition) is 2. The van der Waals surface area contributed by atoms with Gasteiger partial charge < -0.3 is 4.98 Å². The summed E-state index contributed by atoms with van der Waals surface area (Å²) < 4.78 is 27.2. The van der Waals surface area contributed by atoms with E-state index < -0.39 is 10.0 Å². The average Bonchev–Trinajstić information content (AvgIpc) is 2.95. The van der Waals surface area contributed by atoms with E-state index in [2.05, 4.69) is 11.1 Å². The molecule has 0 saturated heterocycles. The molecule has 0 unspecified atom stereocenters. The molecule has 1 aromatic heterocycles. The minimum atomic E-state index is -3.61. The lowest BCUT2D eigenvalue weighted by atomic mass is 10.1. The maximum absolute atomic E-state index is 12.9. The topological polar surface area (TPSA) is 53.2 Å². The van der Waals surface area contributed by atoms with Crippen LogP contribution in [0, 0.1) is 0 Å². The van der Waals surface area contributed by atoms with Crippen LogP contribution in [0.5, 0.6) is 0 Å². The van der Waals surface area contributed by atoms with Crippen molar-refractivity contribution in [1.82, 2.24) is 9.29 Å². The van der Waals surface area contributed by atoms with Crippen LogP contribution in [0.1, 0.15) is 11.3 Å². The Bertz CT molecular complexity index is 1040. The zero-order valence-electron chi connectivity index (χ0n) is 12.6. The van der Waals surface area contributed by atoms with Crippen LogP contribution in [0.2, 0.25) is 10.0 Å². The highest BCUT2D eigenvalue weighted by Crippen LogP contribution is 2.31. The molecule has 4 rings (SSSR count). The fourth-order valence-electron chi connectivity index (χ4n) is 3.16. The van der Waals surface area contributed by atoms with E-state index in [9.17, 15) is 8.42 Å². The van der Waals surface area contributed by atoms with Gasteiger partial charge in [-0.15, -0.1) is 0 Å². The molecule has 24 heavy (non-hydrogen) atoms. The number of benzene rings is 2. The molecule has 2 aromatic carbocycles. The number of rotatable bonds is 2. The van der Waals surface area contributed by atoms with E-state index in [1.54, 1.807) is 0 Å². The monoisotopic (exact) mass is 380 g/mol. The number of sulfonamides is 1. The van der Waals surface area contributed by atoms with Gasteiger partial charge in [0.2, 0.25) is 10.0 Å². The summed E-state index contributed by atoms with van der Waals surface area (Å²) >= 11 is 11.9. The summed E-state index contributed by atoms with van der Waals surface area (Å²) in [5, 5.41) is 1.74. The van der Waals surface area contributed by atoms with Crippen molar-refractivity contribution in [3.8, 4) is 0 Å². The van der Waals surface area contributed by atoms with E-state index in [0.717, 1.165) is 11.2 Å². The zero-order valence-corrected chi connectivity index (χ0v) is 14.9. The van der Waals surface area contributed by atoms with Crippen molar-refractivity contribution >= 4 is 44.1 Å². The number of hydrogen-bond donors (Lipinski definition) is 1. The van der Waals surface area contributed by atoms with Crippen LogP contribution < -0.4 is 0 Å². The fourth-order valence-corrected chi connectivity index (χ4v) is 4.96. The minimum absolute atomic E-state index is 0.163. The molecule has 1 N–H and O–H groups in total. The molecule has 1 aliphatic heterocycles. The van der Waals surface area contributed by atoms with E-state index in [1.165, 1.54) is 33.5 Å². The van der Waals surface area contributed by atoms with Gasteiger partial charge in [-0.05, 0) is 36.2 Å². The Labute approximate surface area is 150 Å². The van der Waals surface area contributed by atoms with Crippen molar-refractivity contribution in [3.63, 3.8) is 0 Å². The van der Waals surface area contributed by atoms with Gasteiger partial charge in [-0.3, -0.25) is 0 Å². The third-order valence-electron chi connectivity index (χ3n) is 4.38. The SMILES string of the molecule is O=S(=O)(c1ccc(Cl)c(Cl)c1)N1CCc2c([nH]c3ccccc23)C1. The maximum atomic E-state index is 12.9. The number of aromatic amines is 1. The number of halogens is 2. The smallest absolute Gasteiger partial charge is 0.243 e. The Morgan fingerprint density at radius 2 is 1.83 bits per heavy atom. The van der Waals surface area contributed by atoms with E-state index in [0.29, 0.717) is 24.5 Å². The van der Waals surface area contributed by atoms with Crippen LogP contribution in [-0.2, 0) is 23.0 Å². The third-order valence-corrected chi connectivity index (χ3v) is 6.96. The number of aromatic nitrogens is 1. The normalized spacial score (nSPS) is 15.6. The molecule has 7 heteroatoms. The Morgan fingerprint density at radius 1 is 1.04 bits per heavy atom. The molecule has 0 fully saturated rings. The second-order valence-electron chi connectivity index (χ2n) is 5.79. The van der Waals surface area contributed by atoms with Crippen molar-refractivity contribution in [2.75, 3.05) is 6.54 Å². The highest BCUT2D eigenvalue weighted by Gasteiger charge is 2.30. The number of nitrogens with zero attached hydrogens (tertiary/aromatic N) is 1. The standard InChI is InChI=1S/C17H14Cl2N2O2S/c18-14-6-5-11(9-15(14)19)24(22,23)21-8-7-13-12-3-1-2-4-16(12)20-17(13)10-21/h1-6,9,20H,7-8,10H2. The summed E-state index contributed by atoms with van der Waals surface area (Å²) in [5.41, 5.74) is 3.19. The molecule has 0 radical (unpaired) electrons. The largest absolute Gasteiger partial charge is 0.357 e. The number of H-pyrrole nitrogens is 1. The summed E-state index contributed by atoms with van der Waals surface area (Å²) in [7, 11) is -3.61. The van der Waals surface area contributed by atoms with Gasteiger partial charge in [-0.25, -0.2) is 8.42 Å². The number of nitrogens with one attached hydrogen (secondary N) is 1. The lowest BCUT2D eigenvalue weighted by molar-refractivity contribution is 0.388. The van der Waals surface area contributed by atoms with Gasteiger partial charge in [0.1, 0.15) is 0 Å². The van der Waals surface area contributed by atoms with Crippen LogP contribution in [-0.4, -0.2) is 24.3 Å². The Kier molecular flexibility index (Phi) is 3.84. The molecule has 3 aromatic rings. The van der Waals surface area contributed by atoms with Crippen molar-refractivity contribution in [1.29, 1.82) is 0 Å². The zero-order chi connectivity index (χ0) is 16.9. The Morgan fingerprint density at radius 3 is 2.62 bits per heavy atom. The lowest BCUT2D eigenvalue weighted by Crippen LogP contribution is -2.35. The minimum Gasteiger partial charge on any atom is -0.357 e. The molecular weight excluding hydrogens is 367 g/mol. The van der Waals surface area contributed by atoms with Gasteiger partial charge in [-0.2, -0.15) is 4.31 Å². The van der Waals surface area contributed by atoms with E-state index in [1.807, 2.05) is 18.2 Å². The first-order valence-electron chi connectivity index (χ1n) is 7.50. The van der Waals surface area contributed by atoms with Crippen LogP contribution in [0.4, 0.5) is 0 Å². The third kappa shape index (κ3) is 2.52. The fraction of sp³-hybridized carbons (Fsp3) is 0.176. The summed E-state index contributed by atoms with van der Waals surface area (Å²) in [4.78, 5) is 3.50. The molecule has 0 aliphatic carbocycles. The van der Waals surface area contributed by atoms with Gasteiger partial charge in [0.05, 0.1) is 21.5 Å². The van der Waals surface area contributed by atoms with E-state index >= 15 is 0 Å². The first kappa shape index (κ1) is 16.0. The van der Waals surface area contributed by atoms with Crippen molar-refractivity contribution < 1.29 is 8.42 Å². The quantitative estimate of drug-likeness (QED) is 0.723.